The Morgan fingerprint density at radius 1 is 1.58 bits per heavy atom. The monoisotopic (exact) mass is 181 g/mol. The summed E-state index contributed by atoms with van der Waals surface area (Å²) in [5.41, 5.74) is 6.26. The lowest BCUT2D eigenvalue weighted by Gasteiger charge is -1.92. The predicted molar refractivity (Wildman–Crippen MR) is 46.5 cm³/mol. The minimum absolute atomic E-state index is 0.549. The van der Waals surface area contributed by atoms with E-state index in [1.54, 1.807) is 10.9 Å². The van der Waals surface area contributed by atoms with Crippen molar-refractivity contribution in [2.75, 3.05) is 5.73 Å². The number of aromatic nitrogens is 4. The molecule has 0 aliphatic carbocycles. The number of thiazole rings is 1. The van der Waals surface area contributed by atoms with Crippen molar-refractivity contribution in [3.63, 3.8) is 0 Å². The van der Waals surface area contributed by atoms with Crippen molar-refractivity contribution in [2.24, 2.45) is 7.05 Å². The summed E-state index contributed by atoms with van der Waals surface area (Å²) in [6, 6.07) is 0. The molecule has 0 saturated heterocycles. The predicted octanol–water partition coefficient (Wildman–Crippen LogP) is 0.521. The molecule has 2 aromatic rings. The van der Waals surface area contributed by atoms with Gasteiger partial charge in [0.25, 0.3) is 0 Å². The Hall–Kier alpha value is -1.43. The first-order chi connectivity index (χ1) is 5.77. The van der Waals surface area contributed by atoms with Crippen LogP contribution in [0.2, 0.25) is 0 Å². The highest BCUT2D eigenvalue weighted by molar-refractivity contribution is 7.13. The summed E-state index contributed by atoms with van der Waals surface area (Å²) in [6.07, 6.45) is 1.63. The van der Waals surface area contributed by atoms with Gasteiger partial charge in [0.05, 0.1) is 0 Å². The van der Waals surface area contributed by atoms with Crippen molar-refractivity contribution in [3.05, 3.63) is 11.7 Å². The van der Waals surface area contributed by atoms with Gasteiger partial charge in [-0.1, -0.05) is 0 Å². The van der Waals surface area contributed by atoms with Gasteiger partial charge in [0.2, 0.25) is 0 Å². The van der Waals surface area contributed by atoms with E-state index in [0.717, 1.165) is 11.5 Å². The van der Waals surface area contributed by atoms with E-state index in [4.69, 9.17) is 5.73 Å². The van der Waals surface area contributed by atoms with Crippen LogP contribution in [0.5, 0.6) is 0 Å². The Bertz CT molecular complexity index is 390. The van der Waals surface area contributed by atoms with E-state index in [-0.39, 0.29) is 0 Å². The molecule has 2 rings (SSSR count). The first-order valence-electron chi connectivity index (χ1n) is 3.33. The maximum atomic E-state index is 5.48. The number of nitrogens with zero attached hydrogens (tertiary/aromatic N) is 4. The van der Waals surface area contributed by atoms with E-state index in [1.165, 1.54) is 11.3 Å². The van der Waals surface area contributed by atoms with Gasteiger partial charge in [-0.05, 0) is 0 Å². The van der Waals surface area contributed by atoms with Crippen molar-refractivity contribution >= 4 is 16.5 Å². The largest absolute Gasteiger partial charge is 0.375 e. The second kappa shape index (κ2) is 2.56. The van der Waals surface area contributed by atoms with Crippen LogP contribution < -0.4 is 5.73 Å². The molecule has 62 valence electrons. The van der Waals surface area contributed by atoms with Gasteiger partial charge in [-0.25, -0.2) is 4.98 Å². The van der Waals surface area contributed by atoms with Gasteiger partial charge in [0, 0.05) is 12.4 Å². The minimum atomic E-state index is 0.549. The summed E-state index contributed by atoms with van der Waals surface area (Å²) in [4.78, 5) is 4.09. The molecule has 12 heavy (non-hydrogen) atoms. The number of rotatable bonds is 1. The van der Waals surface area contributed by atoms with E-state index in [2.05, 4.69) is 15.2 Å². The number of nitrogens with two attached hydrogens (primary N) is 1. The van der Waals surface area contributed by atoms with Crippen LogP contribution in [0, 0.1) is 0 Å². The molecule has 2 N–H and O–H groups in total. The van der Waals surface area contributed by atoms with Gasteiger partial charge in [0.15, 0.2) is 11.0 Å². The minimum Gasteiger partial charge on any atom is -0.375 e. The van der Waals surface area contributed by atoms with E-state index in [0.29, 0.717) is 5.13 Å². The summed E-state index contributed by atoms with van der Waals surface area (Å²) < 4.78 is 1.80. The van der Waals surface area contributed by atoms with Crippen LogP contribution in [0.15, 0.2) is 11.7 Å². The molecule has 0 aliphatic heterocycles. The second-order valence-corrected chi connectivity index (χ2v) is 3.23. The summed E-state index contributed by atoms with van der Waals surface area (Å²) in [6.45, 7) is 0. The SMILES string of the molecule is Cn1cnnc1-c1csc(N)n1. The van der Waals surface area contributed by atoms with E-state index < -0.39 is 0 Å². The highest BCUT2D eigenvalue weighted by Crippen LogP contribution is 2.19. The Morgan fingerprint density at radius 2 is 2.42 bits per heavy atom. The molecule has 0 atom stereocenters. The molecule has 0 radical (unpaired) electrons. The van der Waals surface area contributed by atoms with E-state index in [1.807, 2.05) is 12.4 Å². The summed E-state index contributed by atoms with van der Waals surface area (Å²) in [5, 5.41) is 10.1. The van der Waals surface area contributed by atoms with Crippen LogP contribution in [0.4, 0.5) is 5.13 Å². The van der Waals surface area contributed by atoms with E-state index >= 15 is 0 Å². The van der Waals surface area contributed by atoms with Gasteiger partial charge in [-0.15, -0.1) is 21.5 Å². The van der Waals surface area contributed by atoms with Crippen LogP contribution in [0.3, 0.4) is 0 Å². The zero-order valence-electron chi connectivity index (χ0n) is 6.43. The van der Waals surface area contributed by atoms with Gasteiger partial charge >= 0.3 is 0 Å². The summed E-state index contributed by atoms with van der Waals surface area (Å²) >= 11 is 1.40. The summed E-state index contributed by atoms with van der Waals surface area (Å²) in [5.74, 6) is 0.739. The standard InChI is InChI=1S/C6H7N5S/c1-11-3-8-10-5(11)4-2-12-6(7)9-4/h2-3H,1H3,(H2,7,9). The number of hydrogen-bond acceptors (Lipinski definition) is 5. The van der Waals surface area contributed by atoms with E-state index in [9.17, 15) is 0 Å². The third kappa shape index (κ3) is 1.06. The molecule has 0 bridgehead atoms. The van der Waals surface area contributed by atoms with Crippen LogP contribution in [-0.4, -0.2) is 19.7 Å². The molecule has 6 heteroatoms. The maximum absolute atomic E-state index is 5.48. The number of aryl methyl sites for hydroxylation is 1. The Kier molecular flexibility index (Phi) is 1.54. The van der Waals surface area contributed by atoms with Crippen LogP contribution in [-0.2, 0) is 7.05 Å². The topological polar surface area (TPSA) is 69.6 Å². The molecule has 5 nitrogen and oxygen atoms in total. The zero-order valence-corrected chi connectivity index (χ0v) is 7.25. The van der Waals surface area contributed by atoms with Crippen molar-refractivity contribution in [2.45, 2.75) is 0 Å². The summed E-state index contributed by atoms with van der Waals surface area (Å²) in [7, 11) is 1.87. The molecule has 0 unspecified atom stereocenters. The van der Waals surface area contributed by atoms with Gasteiger partial charge in [-0.3, -0.25) is 0 Å². The average molecular weight is 181 g/mol. The van der Waals surface area contributed by atoms with Gasteiger partial charge < -0.3 is 10.3 Å². The highest BCUT2D eigenvalue weighted by atomic mass is 32.1. The fourth-order valence-electron chi connectivity index (χ4n) is 0.905. The van der Waals surface area contributed by atoms with Crippen molar-refractivity contribution in [1.29, 1.82) is 0 Å². The molecule has 0 spiro atoms. The molecule has 2 aromatic heterocycles. The lowest BCUT2D eigenvalue weighted by atomic mass is 10.5. The molecule has 0 saturated carbocycles. The Morgan fingerprint density at radius 3 is 2.92 bits per heavy atom. The third-order valence-corrected chi connectivity index (χ3v) is 2.14. The molecule has 0 aromatic carbocycles. The van der Waals surface area contributed by atoms with Gasteiger partial charge in [-0.2, -0.15) is 0 Å². The highest BCUT2D eigenvalue weighted by Gasteiger charge is 2.07. The molecule has 0 amide bonds. The Balaban J connectivity index is 2.50. The molecular weight excluding hydrogens is 174 g/mol. The van der Waals surface area contributed by atoms with Crippen molar-refractivity contribution in [1.82, 2.24) is 19.7 Å². The van der Waals surface area contributed by atoms with Crippen molar-refractivity contribution in [3.8, 4) is 11.5 Å². The molecular formula is C6H7N5S. The number of anilines is 1. The lowest BCUT2D eigenvalue weighted by Crippen LogP contribution is -1.91. The average Bonchev–Trinajstić information content (AvgIpc) is 2.58. The first kappa shape index (κ1) is 7.23. The Labute approximate surface area is 72.9 Å². The quantitative estimate of drug-likeness (QED) is 0.696. The van der Waals surface area contributed by atoms with Crippen LogP contribution in [0.25, 0.3) is 11.5 Å². The smallest absolute Gasteiger partial charge is 0.183 e. The number of hydrogen-bond donors (Lipinski definition) is 1. The van der Waals surface area contributed by atoms with Crippen molar-refractivity contribution < 1.29 is 0 Å². The molecule has 2 heterocycles. The normalized spacial score (nSPS) is 10.4. The number of nitrogen functional groups attached to an aromatic ring is 1. The molecule has 0 aliphatic rings. The maximum Gasteiger partial charge on any atom is 0.183 e. The second-order valence-electron chi connectivity index (χ2n) is 2.34. The molecule has 0 fully saturated rings. The first-order valence-corrected chi connectivity index (χ1v) is 4.20. The fraction of sp³-hybridized carbons (Fsp3) is 0.167. The van der Waals surface area contributed by atoms with Crippen LogP contribution in [0.1, 0.15) is 0 Å². The lowest BCUT2D eigenvalue weighted by molar-refractivity contribution is 0.915. The van der Waals surface area contributed by atoms with Gasteiger partial charge in [0.1, 0.15) is 12.0 Å². The van der Waals surface area contributed by atoms with Crippen LogP contribution >= 0.6 is 11.3 Å². The fourth-order valence-corrected chi connectivity index (χ4v) is 1.45. The zero-order chi connectivity index (χ0) is 8.55. The third-order valence-electron chi connectivity index (χ3n) is 1.46.